The number of aliphatic hydroxyl groups is 2. The molecule has 0 saturated carbocycles. The summed E-state index contributed by atoms with van der Waals surface area (Å²) in [4.78, 5) is 12.4. The molecule has 0 aliphatic carbocycles. The number of carbonyl (C=O) groups excluding carboxylic acids is 1. The predicted octanol–water partition coefficient (Wildman–Crippen LogP) is 14.5. The van der Waals surface area contributed by atoms with E-state index >= 15 is 0 Å². The molecule has 53 heavy (non-hydrogen) atoms. The molecule has 0 radical (unpaired) electrons. The standard InChI is InChI=1S/C49H89NO3/c1-3-5-7-9-11-13-15-17-19-21-23-25-27-29-31-33-35-37-39-41-43-45-49(53)50-47(46-51)48(52)44-42-40-38-36-34-32-30-28-26-24-22-20-18-16-14-12-10-8-6-4-2/h5,7,11,13,26,28,34,36,42,44,47-48,51-52H,3-4,6,8-10,12,14-25,27,29-33,35,37-41,43,45-46H2,1-2H3,(H,50,53)/b7-5-,13-11-,28-26+,36-34+,44-42+. The van der Waals surface area contributed by atoms with Gasteiger partial charge in [-0.05, 0) is 70.6 Å². The Bertz CT molecular complexity index is 888. The molecule has 2 atom stereocenters. The number of amides is 1. The second-order valence-corrected chi connectivity index (χ2v) is 15.4. The van der Waals surface area contributed by atoms with Crippen LogP contribution in [0.25, 0.3) is 0 Å². The predicted molar refractivity (Wildman–Crippen MR) is 234 cm³/mol. The molecule has 0 saturated heterocycles. The first-order valence-corrected chi connectivity index (χ1v) is 23.0. The maximum absolute atomic E-state index is 12.4. The summed E-state index contributed by atoms with van der Waals surface area (Å²) in [5, 5.41) is 23.0. The highest BCUT2D eigenvalue weighted by Crippen LogP contribution is 2.15. The third-order valence-electron chi connectivity index (χ3n) is 10.2. The summed E-state index contributed by atoms with van der Waals surface area (Å²) in [6, 6.07) is -0.647. The van der Waals surface area contributed by atoms with E-state index < -0.39 is 12.1 Å². The molecule has 0 heterocycles. The minimum Gasteiger partial charge on any atom is -0.394 e. The number of rotatable bonds is 41. The van der Waals surface area contributed by atoms with Crippen molar-refractivity contribution in [2.24, 2.45) is 0 Å². The van der Waals surface area contributed by atoms with Crippen LogP contribution in [0.1, 0.15) is 226 Å². The van der Waals surface area contributed by atoms with Crippen LogP contribution in [0.5, 0.6) is 0 Å². The first kappa shape index (κ1) is 51.1. The van der Waals surface area contributed by atoms with E-state index in [-0.39, 0.29) is 12.5 Å². The molecule has 0 spiro atoms. The van der Waals surface area contributed by atoms with Gasteiger partial charge in [-0.3, -0.25) is 4.79 Å². The maximum Gasteiger partial charge on any atom is 0.220 e. The van der Waals surface area contributed by atoms with Gasteiger partial charge in [0.2, 0.25) is 5.91 Å². The van der Waals surface area contributed by atoms with Crippen molar-refractivity contribution in [1.82, 2.24) is 5.32 Å². The van der Waals surface area contributed by atoms with Crippen LogP contribution in [-0.2, 0) is 4.79 Å². The molecule has 0 aromatic heterocycles. The van der Waals surface area contributed by atoms with E-state index in [9.17, 15) is 15.0 Å². The zero-order chi connectivity index (χ0) is 38.6. The molecule has 308 valence electrons. The Labute approximate surface area is 330 Å². The van der Waals surface area contributed by atoms with Crippen molar-refractivity contribution >= 4 is 5.91 Å². The molecule has 4 heteroatoms. The van der Waals surface area contributed by atoms with Crippen LogP contribution in [0.2, 0.25) is 0 Å². The Morgan fingerprint density at radius 1 is 0.472 bits per heavy atom. The molecule has 0 aliphatic rings. The van der Waals surface area contributed by atoms with E-state index in [1.54, 1.807) is 6.08 Å². The van der Waals surface area contributed by atoms with E-state index in [0.29, 0.717) is 6.42 Å². The molecule has 2 unspecified atom stereocenters. The SMILES string of the molecule is CC/C=C\C/C=C\CCCCCCCCCCCCCCCCC(=O)NC(CO)C(O)/C=C/CC/C=C/CC/C=C/CCCCCCCCCCCC. The molecule has 0 aliphatic heterocycles. The van der Waals surface area contributed by atoms with Gasteiger partial charge in [0.05, 0.1) is 18.8 Å². The van der Waals surface area contributed by atoms with Gasteiger partial charge < -0.3 is 15.5 Å². The Hall–Kier alpha value is -1.91. The molecule has 0 aromatic rings. The summed E-state index contributed by atoms with van der Waals surface area (Å²) in [6.07, 6.45) is 61.9. The minimum atomic E-state index is -0.871. The summed E-state index contributed by atoms with van der Waals surface area (Å²) in [6.45, 7) is 4.19. The summed E-state index contributed by atoms with van der Waals surface area (Å²) >= 11 is 0. The number of aliphatic hydroxyl groups excluding tert-OH is 2. The van der Waals surface area contributed by atoms with Crippen molar-refractivity contribution in [1.29, 1.82) is 0 Å². The molecule has 0 fully saturated rings. The second-order valence-electron chi connectivity index (χ2n) is 15.4. The van der Waals surface area contributed by atoms with Gasteiger partial charge in [-0.15, -0.1) is 0 Å². The quantitative estimate of drug-likeness (QED) is 0.0432. The van der Waals surface area contributed by atoms with Crippen molar-refractivity contribution < 1.29 is 15.0 Å². The normalized spacial score (nSPS) is 13.5. The fraction of sp³-hybridized carbons (Fsp3) is 0.776. The lowest BCUT2D eigenvalue weighted by molar-refractivity contribution is -0.123. The number of unbranched alkanes of at least 4 members (excludes halogenated alkanes) is 26. The summed E-state index contributed by atoms with van der Waals surface area (Å²) in [5.41, 5.74) is 0. The zero-order valence-electron chi connectivity index (χ0n) is 35.3. The Kier molecular flexibility index (Phi) is 42.9. The van der Waals surface area contributed by atoms with Crippen LogP contribution < -0.4 is 5.32 Å². The van der Waals surface area contributed by atoms with Crippen molar-refractivity contribution in [2.45, 2.75) is 238 Å². The van der Waals surface area contributed by atoms with E-state index in [2.05, 4.69) is 67.8 Å². The van der Waals surface area contributed by atoms with Crippen LogP contribution in [0, 0.1) is 0 Å². The van der Waals surface area contributed by atoms with Gasteiger partial charge in [-0.2, -0.15) is 0 Å². The Morgan fingerprint density at radius 3 is 1.30 bits per heavy atom. The van der Waals surface area contributed by atoms with Crippen LogP contribution in [0.15, 0.2) is 60.8 Å². The molecule has 0 rings (SSSR count). The molecule has 0 bridgehead atoms. The number of nitrogens with one attached hydrogen (secondary N) is 1. The molecule has 1 amide bonds. The highest BCUT2D eigenvalue weighted by atomic mass is 16.3. The number of carbonyl (C=O) groups is 1. The van der Waals surface area contributed by atoms with Gasteiger partial charge >= 0.3 is 0 Å². The lowest BCUT2D eigenvalue weighted by atomic mass is 10.0. The fourth-order valence-corrected chi connectivity index (χ4v) is 6.72. The van der Waals surface area contributed by atoms with E-state index in [4.69, 9.17) is 0 Å². The Balaban J connectivity index is 3.62. The zero-order valence-corrected chi connectivity index (χ0v) is 35.3. The van der Waals surface area contributed by atoms with Crippen LogP contribution in [0.4, 0.5) is 0 Å². The van der Waals surface area contributed by atoms with Crippen LogP contribution >= 0.6 is 0 Å². The minimum absolute atomic E-state index is 0.0794. The van der Waals surface area contributed by atoms with Crippen LogP contribution in [0.3, 0.4) is 0 Å². The maximum atomic E-state index is 12.4. The third kappa shape index (κ3) is 41.1. The van der Waals surface area contributed by atoms with Crippen molar-refractivity contribution in [3.05, 3.63) is 60.8 Å². The summed E-state index contributed by atoms with van der Waals surface area (Å²) < 4.78 is 0. The van der Waals surface area contributed by atoms with Gasteiger partial charge in [0.25, 0.3) is 0 Å². The van der Waals surface area contributed by atoms with Crippen molar-refractivity contribution in [2.75, 3.05) is 6.61 Å². The van der Waals surface area contributed by atoms with Crippen LogP contribution in [-0.4, -0.2) is 34.9 Å². The highest BCUT2D eigenvalue weighted by Gasteiger charge is 2.17. The molecule has 4 nitrogen and oxygen atoms in total. The summed E-state index contributed by atoms with van der Waals surface area (Å²) in [7, 11) is 0. The first-order valence-electron chi connectivity index (χ1n) is 23.0. The van der Waals surface area contributed by atoms with Gasteiger partial charge in [0, 0.05) is 6.42 Å². The molecular weight excluding hydrogens is 651 g/mol. The van der Waals surface area contributed by atoms with Gasteiger partial charge in [-0.1, -0.05) is 209 Å². The fourth-order valence-electron chi connectivity index (χ4n) is 6.72. The van der Waals surface area contributed by atoms with E-state index in [0.717, 1.165) is 51.4 Å². The first-order chi connectivity index (χ1) is 26.2. The largest absolute Gasteiger partial charge is 0.394 e. The van der Waals surface area contributed by atoms with Gasteiger partial charge in [0.1, 0.15) is 0 Å². The number of hydrogen-bond acceptors (Lipinski definition) is 3. The van der Waals surface area contributed by atoms with Gasteiger partial charge in [0.15, 0.2) is 0 Å². The molecule has 0 aromatic carbocycles. The molecule has 3 N–H and O–H groups in total. The highest BCUT2D eigenvalue weighted by molar-refractivity contribution is 5.76. The lowest BCUT2D eigenvalue weighted by Gasteiger charge is -2.19. The number of hydrogen-bond donors (Lipinski definition) is 3. The van der Waals surface area contributed by atoms with E-state index in [1.165, 1.54) is 154 Å². The lowest BCUT2D eigenvalue weighted by Crippen LogP contribution is -2.45. The van der Waals surface area contributed by atoms with Gasteiger partial charge in [-0.25, -0.2) is 0 Å². The topological polar surface area (TPSA) is 69.6 Å². The third-order valence-corrected chi connectivity index (χ3v) is 10.2. The summed E-state index contributed by atoms with van der Waals surface area (Å²) in [5.74, 6) is -0.0794. The molecular formula is C49H89NO3. The van der Waals surface area contributed by atoms with Crippen molar-refractivity contribution in [3.8, 4) is 0 Å². The Morgan fingerprint density at radius 2 is 0.849 bits per heavy atom. The second kappa shape index (κ2) is 44.5. The van der Waals surface area contributed by atoms with Crippen molar-refractivity contribution in [3.63, 3.8) is 0 Å². The average molecular weight is 740 g/mol. The van der Waals surface area contributed by atoms with E-state index in [1.807, 2.05) is 6.08 Å². The smallest absolute Gasteiger partial charge is 0.220 e. The average Bonchev–Trinajstić information content (AvgIpc) is 3.16. The number of allylic oxidation sites excluding steroid dienone is 9. The monoisotopic (exact) mass is 740 g/mol.